The van der Waals surface area contributed by atoms with Gasteiger partial charge in [0.1, 0.15) is 5.82 Å². The molecule has 7 heteroatoms. The van der Waals surface area contributed by atoms with Crippen molar-refractivity contribution < 1.29 is 18.7 Å². The van der Waals surface area contributed by atoms with Gasteiger partial charge in [-0.1, -0.05) is 6.07 Å². The molecule has 2 rings (SSSR count). The van der Waals surface area contributed by atoms with Crippen LogP contribution in [0.15, 0.2) is 18.2 Å². The highest BCUT2D eigenvalue weighted by atomic mass is 19.1. The summed E-state index contributed by atoms with van der Waals surface area (Å²) in [6, 6.07) is 3.54. The molecule has 0 bridgehead atoms. The molecule has 0 aromatic heterocycles. The molecule has 1 aromatic rings. The molecule has 1 aromatic carbocycles. The fourth-order valence-corrected chi connectivity index (χ4v) is 3.31. The number of hydrogen-bond donors (Lipinski definition) is 2. The zero-order valence-corrected chi connectivity index (χ0v) is 13.8. The van der Waals surface area contributed by atoms with Crippen molar-refractivity contribution in [3.8, 4) is 0 Å². The van der Waals surface area contributed by atoms with Crippen LogP contribution in [0.2, 0.25) is 0 Å². The predicted octanol–water partition coefficient (Wildman–Crippen LogP) is 2.07. The lowest BCUT2D eigenvalue weighted by atomic mass is 9.84. The van der Waals surface area contributed by atoms with Crippen LogP contribution in [0.4, 0.5) is 9.18 Å². The van der Waals surface area contributed by atoms with E-state index in [1.165, 1.54) is 12.1 Å². The topological polar surface area (TPSA) is 98.6 Å². The Bertz CT molecular complexity index is 609. The van der Waals surface area contributed by atoms with Crippen molar-refractivity contribution in [2.24, 2.45) is 17.4 Å². The van der Waals surface area contributed by atoms with Gasteiger partial charge in [-0.25, -0.2) is 9.18 Å². The number of rotatable bonds is 5. The average Bonchev–Trinajstić information content (AvgIpc) is 2.54. The minimum atomic E-state index is -0.526. The molecule has 132 valence electrons. The minimum absolute atomic E-state index is 0.0836. The average molecular weight is 337 g/mol. The molecule has 4 N–H and O–H groups in total. The lowest BCUT2D eigenvalue weighted by molar-refractivity contribution is -0.144. The van der Waals surface area contributed by atoms with Crippen molar-refractivity contribution in [2.45, 2.75) is 38.8 Å². The Kier molecular flexibility index (Phi) is 6.14. The number of halogens is 1. The summed E-state index contributed by atoms with van der Waals surface area (Å²) < 4.78 is 18.5. The Labute approximate surface area is 140 Å². The van der Waals surface area contributed by atoms with Crippen LogP contribution >= 0.6 is 0 Å². The van der Waals surface area contributed by atoms with E-state index in [0.29, 0.717) is 38.0 Å². The highest BCUT2D eigenvalue weighted by molar-refractivity contribution is 5.73. The number of primary amides is 1. The molecule has 1 heterocycles. The van der Waals surface area contributed by atoms with Crippen LogP contribution in [0, 0.1) is 11.7 Å². The second kappa shape index (κ2) is 8.10. The van der Waals surface area contributed by atoms with Gasteiger partial charge in [0, 0.05) is 19.5 Å². The smallest absolute Gasteiger partial charge is 0.315 e. The molecule has 0 spiro atoms. The largest absolute Gasteiger partial charge is 0.466 e. The molecule has 1 aliphatic rings. The molecule has 0 radical (unpaired) electrons. The number of nitrogens with zero attached hydrogens (tertiary/aromatic N) is 1. The number of carbonyl (C=O) groups is 2. The van der Waals surface area contributed by atoms with Crippen LogP contribution in [-0.2, 0) is 16.1 Å². The van der Waals surface area contributed by atoms with E-state index >= 15 is 0 Å². The van der Waals surface area contributed by atoms with Crippen molar-refractivity contribution in [3.63, 3.8) is 0 Å². The number of amides is 2. The molecule has 6 nitrogen and oxygen atoms in total. The van der Waals surface area contributed by atoms with Crippen LogP contribution in [0.1, 0.15) is 43.4 Å². The lowest BCUT2D eigenvalue weighted by Crippen LogP contribution is -2.44. The van der Waals surface area contributed by atoms with E-state index in [0.717, 1.165) is 5.56 Å². The maximum absolute atomic E-state index is 13.5. The number of likely N-dealkylation sites (tertiary alicyclic amines) is 1. The van der Waals surface area contributed by atoms with Gasteiger partial charge in [0.05, 0.1) is 12.6 Å². The Balaban J connectivity index is 2.24. The van der Waals surface area contributed by atoms with Crippen molar-refractivity contribution in [3.05, 3.63) is 35.1 Å². The van der Waals surface area contributed by atoms with Crippen molar-refractivity contribution in [1.29, 1.82) is 0 Å². The summed E-state index contributed by atoms with van der Waals surface area (Å²) in [5.41, 5.74) is 12.7. The molecule has 0 aliphatic carbocycles. The fraction of sp³-hybridized carbons (Fsp3) is 0.529. The first-order valence-electron chi connectivity index (χ1n) is 8.16. The number of hydrogen-bond acceptors (Lipinski definition) is 4. The summed E-state index contributed by atoms with van der Waals surface area (Å²) in [6.07, 6.45) is 1.55. The maximum atomic E-state index is 13.5. The van der Waals surface area contributed by atoms with Gasteiger partial charge in [-0.3, -0.25) is 4.79 Å². The third-order valence-electron chi connectivity index (χ3n) is 4.44. The van der Waals surface area contributed by atoms with E-state index in [-0.39, 0.29) is 30.3 Å². The van der Waals surface area contributed by atoms with Crippen LogP contribution in [0.5, 0.6) is 0 Å². The summed E-state index contributed by atoms with van der Waals surface area (Å²) >= 11 is 0. The zero-order chi connectivity index (χ0) is 17.7. The monoisotopic (exact) mass is 337 g/mol. The Morgan fingerprint density at radius 3 is 2.79 bits per heavy atom. The number of urea groups is 1. The Morgan fingerprint density at radius 2 is 2.17 bits per heavy atom. The summed E-state index contributed by atoms with van der Waals surface area (Å²) in [5.74, 6) is -0.532. The summed E-state index contributed by atoms with van der Waals surface area (Å²) in [5, 5.41) is 0. The first-order chi connectivity index (χ1) is 11.5. The molecule has 24 heavy (non-hydrogen) atoms. The summed E-state index contributed by atoms with van der Waals surface area (Å²) in [4.78, 5) is 25.1. The SMILES string of the molecule is CCOC(=O)CC1CCN(C(N)=O)C(c2ccc(F)cc2CN)C1. The van der Waals surface area contributed by atoms with E-state index in [4.69, 9.17) is 16.2 Å². The first kappa shape index (κ1) is 18.2. The molecular formula is C17H24FN3O3. The van der Waals surface area contributed by atoms with Gasteiger partial charge in [-0.2, -0.15) is 0 Å². The summed E-state index contributed by atoms with van der Waals surface area (Å²) in [6.45, 7) is 2.73. The van der Waals surface area contributed by atoms with E-state index in [1.54, 1.807) is 17.9 Å². The molecule has 0 saturated carbocycles. The van der Waals surface area contributed by atoms with Crippen LogP contribution < -0.4 is 11.5 Å². The Morgan fingerprint density at radius 1 is 1.42 bits per heavy atom. The second-order valence-corrected chi connectivity index (χ2v) is 5.99. The molecular weight excluding hydrogens is 313 g/mol. The number of ether oxygens (including phenoxy) is 1. The number of esters is 1. The van der Waals surface area contributed by atoms with Gasteiger partial charge in [0.2, 0.25) is 0 Å². The van der Waals surface area contributed by atoms with Crippen molar-refractivity contribution in [2.75, 3.05) is 13.2 Å². The van der Waals surface area contributed by atoms with Gasteiger partial charge in [0.15, 0.2) is 0 Å². The van der Waals surface area contributed by atoms with Crippen LogP contribution in [0.3, 0.4) is 0 Å². The van der Waals surface area contributed by atoms with Crippen LogP contribution in [-0.4, -0.2) is 30.1 Å². The highest BCUT2D eigenvalue weighted by Gasteiger charge is 2.33. The normalized spacial score (nSPS) is 20.7. The second-order valence-electron chi connectivity index (χ2n) is 5.99. The molecule has 1 saturated heterocycles. The zero-order valence-electron chi connectivity index (χ0n) is 13.8. The molecule has 2 amide bonds. The van der Waals surface area contributed by atoms with E-state index in [9.17, 15) is 14.0 Å². The highest BCUT2D eigenvalue weighted by Crippen LogP contribution is 2.37. The number of nitrogens with two attached hydrogens (primary N) is 2. The fourth-order valence-electron chi connectivity index (χ4n) is 3.31. The molecule has 2 unspecified atom stereocenters. The van der Waals surface area contributed by atoms with Gasteiger partial charge < -0.3 is 21.1 Å². The summed E-state index contributed by atoms with van der Waals surface area (Å²) in [7, 11) is 0. The standard InChI is InChI=1S/C17H24FN3O3/c1-2-24-16(22)8-11-5-6-21(17(20)23)15(7-11)14-4-3-13(18)9-12(14)10-19/h3-4,9,11,15H,2,5-8,10,19H2,1H3,(H2,20,23). The molecule has 1 fully saturated rings. The molecule has 2 atom stereocenters. The van der Waals surface area contributed by atoms with Crippen molar-refractivity contribution in [1.82, 2.24) is 4.90 Å². The number of piperidine rings is 1. The maximum Gasteiger partial charge on any atom is 0.315 e. The predicted molar refractivity (Wildman–Crippen MR) is 87.3 cm³/mol. The van der Waals surface area contributed by atoms with Crippen LogP contribution in [0.25, 0.3) is 0 Å². The van der Waals surface area contributed by atoms with E-state index < -0.39 is 6.03 Å². The number of carbonyl (C=O) groups excluding carboxylic acids is 2. The quantitative estimate of drug-likeness (QED) is 0.804. The van der Waals surface area contributed by atoms with Gasteiger partial charge in [-0.15, -0.1) is 0 Å². The molecule has 1 aliphatic heterocycles. The minimum Gasteiger partial charge on any atom is -0.466 e. The van der Waals surface area contributed by atoms with Gasteiger partial charge in [0.25, 0.3) is 0 Å². The lowest BCUT2D eigenvalue weighted by Gasteiger charge is -2.39. The van der Waals surface area contributed by atoms with E-state index in [1.807, 2.05) is 0 Å². The van der Waals surface area contributed by atoms with Gasteiger partial charge in [-0.05, 0) is 48.9 Å². The van der Waals surface area contributed by atoms with E-state index in [2.05, 4.69) is 0 Å². The Hall–Kier alpha value is -2.15. The van der Waals surface area contributed by atoms with Crippen molar-refractivity contribution >= 4 is 12.0 Å². The third-order valence-corrected chi connectivity index (χ3v) is 4.44. The first-order valence-corrected chi connectivity index (χ1v) is 8.16. The number of benzene rings is 1. The van der Waals surface area contributed by atoms with Gasteiger partial charge >= 0.3 is 12.0 Å². The third kappa shape index (κ3) is 4.23.